The highest BCUT2D eigenvalue weighted by molar-refractivity contribution is 6.72. The lowest BCUT2D eigenvalue weighted by Gasteiger charge is -2.23. The van der Waals surface area contributed by atoms with Crippen LogP contribution in [-0.2, 0) is 8.85 Å². The number of hydrogen-bond acceptors (Lipinski definition) is 2. The van der Waals surface area contributed by atoms with E-state index < -0.39 is 17.4 Å². The van der Waals surface area contributed by atoms with E-state index in [1.54, 1.807) is 0 Å². The van der Waals surface area contributed by atoms with Crippen LogP contribution in [0.15, 0.2) is 0 Å². The molecule has 1 unspecified atom stereocenters. The van der Waals surface area contributed by atoms with E-state index in [2.05, 4.69) is 33.5 Å². The molecule has 0 rings (SSSR count). The minimum Gasteiger partial charge on any atom is -0.421 e. The van der Waals surface area contributed by atoms with E-state index >= 15 is 0 Å². The predicted molar refractivity (Wildman–Crippen MR) is 63.4 cm³/mol. The zero-order chi connectivity index (χ0) is 10.3. The van der Waals surface area contributed by atoms with Gasteiger partial charge in [-0.15, -0.1) is 0 Å². The van der Waals surface area contributed by atoms with Gasteiger partial charge in [0.15, 0.2) is 17.4 Å². The van der Waals surface area contributed by atoms with Crippen LogP contribution in [0, 0.1) is 0 Å². The Kier molecular flexibility index (Phi) is 6.94. The topological polar surface area (TPSA) is 18.5 Å². The third-order valence-electron chi connectivity index (χ3n) is 2.14. The zero-order valence-electron chi connectivity index (χ0n) is 9.72. The van der Waals surface area contributed by atoms with Crippen molar-refractivity contribution in [2.45, 2.75) is 45.6 Å². The second kappa shape index (κ2) is 6.76. The van der Waals surface area contributed by atoms with Gasteiger partial charge in [-0.3, -0.25) is 0 Å². The molecule has 0 saturated carbocycles. The van der Waals surface area contributed by atoms with E-state index in [4.69, 9.17) is 8.85 Å². The van der Waals surface area contributed by atoms with Crippen LogP contribution in [0.3, 0.4) is 0 Å². The Balaban J connectivity index is 3.60. The van der Waals surface area contributed by atoms with Gasteiger partial charge in [0, 0.05) is 13.2 Å². The predicted octanol–water partition coefficient (Wildman–Crippen LogP) is 2.62. The van der Waals surface area contributed by atoms with Gasteiger partial charge in [-0.25, -0.2) is 0 Å². The quantitative estimate of drug-likeness (QED) is 0.614. The van der Waals surface area contributed by atoms with Crippen LogP contribution < -0.4 is 0 Å². The van der Waals surface area contributed by atoms with Crippen LogP contribution in [0.25, 0.3) is 0 Å². The van der Waals surface area contributed by atoms with Crippen molar-refractivity contribution in [1.29, 1.82) is 0 Å². The minimum absolute atomic E-state index is 0.865. The average Bonchev–Trinajstić information content (AvgIpc) is 2.02. The van der Waals surface area contributed by atoms with E-state index in [0.29, 0.717) is 0 Å². The standard InChI is InChI=1S/C9H24O2Si2/c1-6-10-12(3)8-9-13(4,5)11-7-2/h12H,6-9H2,1-5H3. The molecule has 1 atom stereocenters. The molecule has 0 amide bonds. The van der Waals surface area contributed by atoms with Crippen LogP contribution in [-0.4, -0.2) is 30.6 Å². The molecule has 0 aromatic heterocycles. The maximum absolute atomic E-state index is 5.76. The molecule has 13 heavy (non-hydrogen) atoms. The monoisotopic (exact) mass is 220 g/mol. The van der Waals surface area contributed by atoms with Gasteiger partial charge in [0.2, 0.25) is 0 Å². The first-order chi connectivity index (χ1) is 6.02. The Morgan fingerprint density at radius 2 is 1.77 bits per heavy atom. The molecule has 0 N–H and O–H groups in total. The van der Waals surface area contributed by atoms with E-state index in [1.165, 1.54) is 12.1 Å². The molecule has 0 heterocycles. The van der Waals surface area contributed by atoms with Crippen LogP contribution >= 0.6 is 0 Å². The van der Waals surface area contributed by atoms with Gasteiger partial charge in [0.1, 0.15) is 0 Å². The Labute approximate surface area is 85.5 Å². The van der Waals surface area contributed by atoms with Crippen LogP contribution in [0.1, 0.15) is 13.8 Å². The summed E-state index contributed by atoms with van der Waals surface area (Å²) in [5, 5.41) is 0. The molecule has 0 aliphatic heterocycles. The van der Waals surface area contributed by atoms with E-state index in [1.807, 2.05) is 0 Å². The fourth-order valence-corrected chi connectivity index (χ4v) is 7.45. The molecule has 0 saturated heterocycles. The molecule has 2 nitrogen and oxygen atoms in total. The second-order valence-corrected chi connectivity index (χ2v) is 10.8. The molecule has 80 valence electrons. The first-order valence-electron chi connectivity index (χ1n) is 5.27. The molecule has 0 spiro atoms. The Hall–Kier alpha value is 0.354. The van der Waals surface area contributed by atoms with E-state index in [9.17, 15) is 0 Å². The van der Waals surface area contributed by atoms with Crippen molar-refractivity contribution in [2.75, 3.05) is 13.2 Å². The van der Waals surface area contributed by atoms with Gasteiger partial charge in [0.25, 0.3) is 0 Å². The van der Waals surface area contributed by atoms with Crippen molar-refractivity contribution in [1.82, 2.24) is 0 Å². The van der Waals surface area contributed by atoms with Gasteiger partial charge in [0.05, 0.1) is 0 Å². The average molecular weight is 220 g/mol. The van der Waals surface area contributed by atoms with Crippen LogP contribution in [0.4, 0.5) is 0 Å². The lowest BCUT2D eigenvalue weighted by Crippen LogP contribution is -2.31. The highest BCUT2D eigenvalue weighted by atomic mass is 28.4. The van der Waals surface area contributed by atoms with Gasteiger partial charge in [-0.1, -0.05) is 0 Å². The Morgan fingerprint density at radius 3 is 2.23 bits per heavy atom. The minimum atomic E-state index is -1.34. The highest BCUT2D eigenvalue weighted by Gasteiger charge is 2.22. The molecule has 0 aromatic carbocycles. The number of rotatable bonds is 7. The fraction of sp³-hybridized carbons (Fsp3) is 1.00. The fourth-order valence-electron chi connectivity index (χ4n) is 1.38. The van der Waals surface area contributed by atoms with Crippen LogP contribution in [0.2, 0.25) is 31.7 Å². The first-order valence-corrected chi connectivity index (χ1v) is 10.8. The maximum atomic E-state index is 5.76. The van der Waals surface area contributed by atoms with Gasteiger partial charge < -0.3 is 8.85 Å². The van der Waals surface area contributed by atoms with Crippen molar-refractivity contribution in [2.24, 2.45) is 0 Å². The summed E-state index contributed by atoms with van der Waals surface area (Å²) in [6.07, 6.45) is 0. The SMILES string of the molecule is CCO[SiH](C)CC[Si](C)(C)OCC. The van der Waals surface area contributed by atoms with Gasteiger partial charge >= 0.3 is 0 Å². The van der Waals surface area contributed by atoms with E-state index in [-0.39, 0.29) is 0 Å². The number of hydrogen-bond donors (Lipinski definition) is 0. The normalized spacial score (nSPS) is 14.5. The lowest BCUT2D eigenvalue weighted by molar-refractivity contribution is 0.326. The molecule has 0 bridgehead atoms. The summed E-state index contributed by atoms with van der Waals surface area (Å²) in [7, 11) is -2.21. The Morgan fingerprint density at radius 1 is 1.15 bits per heavy atom. The molecule has 4 heteroatoms. The third kappa shape index (κ3) is 7.43. The van der Waals surface area contributed by atoms with E-state index in [0.717, 1.165) is 13.2 Å². The Bertz CT molecular complexity index is 129. The zero-order valence-corrected chi connectivity index (χ0v) is 11.9. The van der Waals surface area contributed by atoms with Gasteiger partial charge in [-0.2, -0.15) is 0 Å². The van der Waals surface area contributed by atoms with Crippen molar-refractivity contribution in [3.8, 4) is 0 Å². The van der Waals surface area contributed by atoms with Crippen molar-refractivity contribution in [3.63, 3.8) is 0 Å². The summed E-state index contributed by atoms with van der Waals surface area (Å²) >= 11 is 0. The van der Waals surface area contributed by atoms with Crippen molar-refractivity contribution < 1.29 is 8.85 Å². The summed E-state index contributed by atoms with van der Waals surface area (Å²) in [5.74, 6) is 0. The van der Waals surface area contributed by atoms with Gasteiger partial charge in [-0.05, 0) is 45.6 Å². The van der Waals surface area contributed by atoms with Crippen molar-refractivity contribution >= 4 is 17.4 Å². The first kappa shape index (κ1) is 13.4. The van der Waals surface area contributed by atoms with Crippen LogP contribution in [0.5, 0.6) is 0 Å². The summed E-state index contributed by atoms with van der Waals surface area (Å²) in [6, 6.07) is 2.53. The summed E-state index contributed by atoms with van der Waals surface area (Å²) < 4.78 is 11.4. The summed E-state index contributed by atoms with van der Waals surface area (Å²) in [5.41, 5.74) is 0. The second-order valence-electron chi connectivity index (χ2n) is 4.00. The molecule has 0 fully saturated rings. The molecule has 0 aromatic rings. The molecular weight excluding hydrogens is 196 g/mol. The molecule has 0 aliphatic carbocycles. The third-order valence-corrected chi connectivity index (χ3v) is 7.28. The molecule has 0 radical (unpaired) electrons. The van der Waals surface area contributed by atoms with Crippen molar-refractivity contribution in [3.05, 3.63) is 0 Å². The largest absolute Gasteiger partial charge is 0.421 e. The highest BCUT2D eigenvalue weighted by Crippen LogP contribution is 2.15. The smallest absolute Gasteiger partial charge is 0.186 e. The lowest BCUT2D eigenvalue weighted by atomic mass is 10.9. The molecule has 0 aliphatic rings. The summed E-state index contributed by atoms with van der Waals surface area (Å²) in [6.45, 7) is 12.8. The molecular formula is C9H24O2Si2. The summed E-state index contributed by atoms with van der Waals surface area (Å²) in [4.78, 5) is 0. The maximum Gasteiger partial charge on any atom is 0.186 e.